The Bertz CT molecular complexity index is 555. The summed E-state index contributed by atoms with van der Waals surface area (Å²) >= 11 is 1.39. The van der Waals surface area contributed by atoms with E-state index in [-0.39, 0.29) is 6.04 Å². The van der Waals surface area contributed by atoms with Crippen molar-refractivity contribution in [1.82, 2.24) is 0 Å². The Morgan fingerprint density at radius 3 is 2.21 bits per heavy atom. The van der Waals surface area contributed by atoms with Crippen LogP contribution in [0.5, 0.6) is 0 Å². The molecule has 2 aromatic carbocycles. The van der Waals surface area contributed by atoms with Crippen LogP contribution in [-0.2, 0) is 0 Å². The van der Waals surface area contributed by atoms with Gasteiger partial charge in [0, 0.05) is 15.8 Å². The van der Waals surface area contributed by atoms with Crippen molar-refractivity contribution in [2.75, 3.05) is 0 Å². The van der Waals surface area contributed by atoms with Crippen LogP contribution in [0.2, 0.25) is 0 Å². The first-order valence-electron chi connectivity index (χ1n) is 6.08. The molecule has 0 saturated carbocycles. The number of benzene rings is 2. The third-order valence-corrected chi connectivity index (χ3v) is 3.87. The van der Waals surface area contributed by atoms with Gasteiger partial charge in [0.2, 0.25) is 0 Å². The summed E-state index contributed by atoms with van der Waals surface area (Å²) in [6.07, 6.45) is 0.885. The van der Waals surface area contributed by atoms with E-state index >= 15 is 0 Å². The second-order valence-electron chi connectivity index (χ2n) is 4.26. The highest BCUT2D eigenvalue weighted by atomic mass is 32.2. The number of hydrogen-bond donors (Lipinski definition) is 1. The fourth-order valence-corrected chi connectivity index (χ4v) is 2.54. The maximum atomic E-state index is 13.1. The molecule has 0 heterocycles. The Balaban J connectivity index is 2.12. The van der Waals surface area contributed by atoms with Crippen LogP contribution >= 0.6 is 11.8 Å². The van der Waals surface area contributed by atoms with Crippen LogP contribution in [0.3, 0.4) is 0 Å². The molecule has 0 aromatic heterocycles. The standard InChI is InChI=1S/C15H15F2NS/c1-2-15(18)10-3-5-11(6-4-10)19-12-7-8-13(16)14(17)9-12/h3-9,15H,2,18H2,1H3/t15-/m0/s1. The van der Waals surface area contributed by atoms with Gasteiger partial charge in [0.05, 0.1) is 0 Å². The zero-order chi connectivity index (χ0) is 13.8. The molecule has 2 aromatic rings. The van der Waals surface area contributed by atoms with Gasteiger partial charge in [-0.3, -0.25) is 0 Å². The zero-order valence-electron chi connectivity index (χ0n) is 10.6. The predicted molar refractivity (Wildman–Crippen MR) is 74.1 cm³/mol. The van der Waals surface area contributed by atoms with Gasteiger partial charge in [0.25, 0.3) is 0 Å². The highest BCUT2D eigenvalue weighted by Crippen LogP contribution is 2.29. The van der Waals surface area contributed by atoms with Gasteiger partial charge in [-0.15, -0.1) is 0 Å². The normalized spacial score (nSPS) is 12.4. The lowest BCUT2D eigenvalue weighted by atomic mass is 10.1. The molecule has 0 amide bonds. The summed E-state index contributed by atoms with van der Waals surface area (Å²) < 4.78 is 25.9. The van der Waals surface area contributed by atoms with Gasteiger partial charge in [0.1, 0.15) is 0 Å². The zero-order valence-corrected chi connectivity index (χ0v) is 11.4. The Kier molecular flexibility index (Phi) is 4.56. The van der Waals surface area contributed by atoms with Crippen LogP contribution < -0.4 is 5.73 Å². The van der Waals surface area contributed by atoms with Gasteiger partial charge >= 0.3 is 0 Å². The highest BCUT2D eigenvalue weighted by Gasteiger charge is 2.06. The molecule has 0 radical (unpaired) electrons. The van der Waals surface area contributed by atoms with Gasteiger partial charge in [-0.1, -0.05) is 30.8 Å². The molecule has 0 aliphatic heterocycles. The molecule has 100 valence electrons. The van der Waals surface area contributed by atoms with Crippen LogP contribution in [0.4, 0.5) is 8.78 Å². The second-order valence-corrected chi connectivity index (χ2v) is 5.41. The van der Waals surface area contributed by atoms with Crippen molar-refractivity contribution in [2.24, 2.45) is 5.73 Å². The van der Waals surface area contributed by atoms with Crippen LogP contribution in [-0.4, -0.2) is 0 Å². The average molecular weight is 279 g/mol. The first-order chi connectivity index (χ1) is 9.10. The number of halogens is 2. The van der Waals surface area contributed by atoms with Crippen molar-refractivity contribution in [3.63, 3.8) is 0 Å². The highest BCUT2D eigenvalue weighted by molar-refractivity contribution is 7.99. The average Bonchev–Trinajstić information content (AvgIpc) is 2.43. The smallest absolute Gasteiger partial charge is 0.159 e. The van der Waals surface area contributed by atoms with Crippen molar-refractivity contribution in [1.29, 1.82) is 0 Å². The molecule has 2 rings (SSSR count). The van der Waals surface area contributed by atoms with Gasteiger partial charge < -0.3 is 5.73 Å². The monoisotopic (exact) mass is 279 g/mol. The minimum Gasteiger partial charge on any atom is -0.324 e. The van der Waals surface area contributed by atoms with E-state index < -0.39 is 11.6 Å². The van der Waals surface area contributed by atoms with E-state index in [9.17, 15) is 8.78 Å². The first-order valence-corrected chi connectivity index (χ1v) is 6.90. The minimum absolute atomic E-state index is 0.0438. The molecular weight excluding hydrogens is 264 g/mol. The molecule has 1 atom stereocenters. The summed E-state index contributed by atoms with van der Waals surface area (Å²) in [6, 6.07) is 11.8. The molecule has 0 bridgehead atoms. The maximum absolute atomic E-state index is 13.1. The van der Waals surface area contributed by atoms with Crippen molar-refractivity contribution in [2.45, 2.75) is 29.2 Å². The minimum atomic E-state index is -0.825. The molecule has 0 aliphatic rings. The summed E-state index contributed by atoms with van der Waals surface area (Å²) in [7, 11) is 0. The second kappa shape index (κ2) is 6.17. The molecule has 0 fully saturated rings. The number of hydrogen-bond acceptors (Lipinski definition) is 2. The molecular formula is C15H15F2NS. The van der Waals surface area contributed by atoms with Crippen molar-refractivity contribution in [3.05, 3.63) is 59.7 Å². The Labute approximate surface area is 115 Å². The predicted octanol–water partition coefficient (Wildman–Crippen LogP) is 4.53. The first kappa shape index (κ1) is 14.0. The van der Waals surface area contributed by atoms with E-state index in [1.54, 1.807) is 6.07 Å². The van der Waals surface area contributed by atoms with Crippen molar-refractivity contribution < 1.29 is 8.78 Å². The van der Waals surface area contributed by atoms with E-state index in [4.69, 9.17) is 5.73 Å². The van der Waals surface area contributed by atoms with Gasteiger partial charge in [-0.05, 0) is 42.3 Å². The number of nitrogens with two attached hydrogens (primary N) is 1. The Hall–Kier alpha value is -1.39. The van der Waals surface area contributed by atoms with Crippen LogP contribution in [0, 0.1) is 11.6 Å². The molecule has 0 saturated heterocycles. The summed E-state index contributed by atoms with van der Waals surface area (Å²) in [6.45, 7) is 2.04. The topological polar surface area (TPSA) is 26.0 Å². The van der Waals surface area contributed by atoms with E-state index in [2.05, 4.69) is 0 Å². The van der Waals surface area contributed by atoms with E-state index in [1.807, 2.05) is 31.2 Å². The molecule has 4 heteroatoms. The molecule has 0 spiro atoms. The van der Waals surface area contributed by atoms with Crippen LogP contribution in [0.15, 0.2) is 52.3 Å². The lowest BCUT2D eigenvalue weighted by Gasteiger charge is -2.09. The summed E-state index contributed by atoms with van der Waals surface area (Å²) in [5.74, 6) is -1.65. The van der Waals surface area contributed by atoms with E-state index in [0.29, 0.717) is 4.90 Å². The van der Waals surface area contributed by atoms with Gasteiger partial charge in [0.15, 0.2) is 11.6 Å². The third kappa shape index (κ3) is 3.55. The maximum Gasteiger partial charge on any atom is 0.159 e. The largest absolute Gasteiger partial charge is 0.324 e. The molecule has 0 aliphatic carbocycles. The molecule has 0 unspecified atom stereocenters. The van der Waals surface area contributed by atoms with E-state index in [1.165, 1.54) is 17.8 Å². The fourth-order valence-electron chi connectivity index (χ4n) is 1.70. The van der Waals surface area contributed by atoms with E-state index in [0.717, 1.165) is 22.9 Å². The summed E-state index contributed by atoms with van der Waals surface area (Å²) in [5, 5.41) is 0. The molecule has 19 heavy (non-hydrogen) atoms. The van der Waals surface area contributed by atoms with Crippen molar-refractivity contribution >= 4 is 11.8 Å². The number of rotatable bonds is 4. The quantitative estimate of drug-likeness (QED) is 0.890. The Morgan fingerprint density at radius 1 is 1.00 bits per heavy atom. The van der Waals surface area contributed by atoms with Gasteiger partial charge in [-0.25, -0.2) is 8.78 Å². The van der Waals surface area contributed by atoms with Crippen molar-refractivity contribution in [3.8, 4) is 0 Å². The summed E-state index contributed by atoms with van der Waals surface area (Å²) in [5.41, 5.74) is 7.02. The molecule has 1 nitrogen and oxygen atoms in total. The van der Waals surface area contributed by atoms with Crippen LogP contribution in [0.25, 0.3) is 0 Å². The SMILES string of the molecule is CC[C@H](N)c1ccc(Sc2ccc(F)c(F)c2)cc1. The molecule has 2 N–H and O–H groups in total. The van der Waals surface area contributed by atoms with Crippen LogP contribution in [0.1, 0.15) is 24.9 Å². The summed E-state index contributed by atoms with van der Waals surface area (Å²) in [4.78, 5) is 1.64. The van der Waals surface area contributed by atoms with Gasteiger partial charge in [-0.2, -0.15) is 0 Å². The lowest BCUT2D eigenvalue weighted by Crippen LogP contribution is -2.07. The third-order valence-electron chi connectivity index (χ3n) is 2.87. The Morgan fingerprint density at radius 2 is 1.63 bits per heavy atom. The lowest BCUT2D eigenvalue weighted by molar-refractivity contribution is 0.506. The fraction of sp³-hybridized carbons (Fsp3) is 0.200.